The van der Waals surface area contributed by atoms with Gasteiger partial charge in [0, 0.05) is 23.4 Å². The number of carbonyl (C=O) groups is 1. The van der Waals surface area contributed by atoms with Crippen molar-refractivity contribution in [2.45, 2.75) is 69.2 Å². The second-order valence-corrected chi connectivity index (χ2v) is 10.8. The highest BCUT2D eigenvalue weighted by Gasteiger charge is 2.74. The van der Waals surface area contributed by atoms with E-state index in [4.69, 9.17) is 14.2 Å². The Hall–Kier alpha value is -1.83. The van der Waals surface area contributed by atoms with Crippen molar-refractivity contribution in [3.63, 3.8) is 0 Å². The third-order valence-electron chi connectivity index (χ3n) is 8.96. The number of likely N-dealkylation sites (tertiary alicyclic amines) is 1. The van der Waals surface area contributed by atoms with Crippen molar-refractivity contribution in [1.29, 1.82) is 0 Å². The lowest BCUT2D eigenvalue weighted by Gasteiger charge is -2.51. The molecule has 1 saturated carbocycles. The van der Waals surface area contributed by atoms with Gasteiger partial charge in [0.2, 0.25) is 6.79 Å². The standard InChI is InChI=1S/C25H34N2O5/c1-5-30-23(29)25(11-13(2)3)20-16(28)10-19-24(6-7-27(19)4)15-9-18-17(31-12-32-18)8-14(15)22(26-25)21(20)24/h8-9,13,16,19-22,26,28H,5-7,10-12H2,1-4H3/t16-,19+,20+,21-,22-,24-,25-/m1/s1. The van der Waals surface area contributed by atoms with Gasteiger partial charge in [0.25, 0.3) is 0 Å². The van der Waals surface area contributed by atoms with Gasteiger partial charge in [-0.05, 0) is 74.9 Å². The Labute approximate surface area is 189 Å². The maximum absolute atomic E-state index is 13.6. The summed E-state index contributed by atoms with van der Waals surface area (Å²) in [6.07, 6.45) is 1.77. The van der Waals surface area contributed by atoms with E-state index in [1.54, 1.807) is 0 Å². The number of benzene rings is 1. The van der Waals surface area contributed by atoms with Crippen molar-refractivity contribution < 1.29 is 24.1 Å². The largest absolute Gasteiger partial charge is 0.465 e. The molecule has 2 saturated heterocycles. The second kappa shape index (κ2) is 6.84. The Balaban J connectivity index is 1.57. The third-order valence-corrected chi connectivity index (χ3v) is 8.96. The monoisotopic (exact) mass is 442 g/mol. The molecule has 174 valence electrons. The number of aliphatic hydroxyl groups is 1. The van der Waals surface area contributed by atoms with Gasteiger partial charge in [0.15, 0.2) is 11.5 Å². The number of nitrogens with zero attached hydrogens (tertiary/aromatic N) is 1. The summed E-state index contributed by atoms with van der Waals surface area (Å²) in [6.45, 7) is 7.70. The minimum Gasteiger partial charge on any atom is -0.465 e. The summed E-state index contributed by atoms with van der Waals surface area (Å²) in [6, 6.07) is 4.53. The van der Waals surface area contributed by atoms with Gasteiger partial charge in [-0.15, -0.1) is 0 Å². The van der Waals surface area contributed by atoms with Crippen molar-refractivity contribution >= 4 is 5.97 Å². The van der Waals surface area contributed by atoms with E-state index in [1.165, 1.54) is 11.1 Å². The molecule has 3 fully saturated rings. The van der Waals surface area contributed by atoms with Crippen LogP contribution in [0.3, 0.4) is 0 Å². The molecule has 5 aliphatic rings. The van der Waals surface area contributed by atoms with Crippen LogP contribution in [0.25, 0.3) is 0 Å². The zero-order valence-corrected chi connectivity index (χ0v) is 19.4. The molecule has 6 rings (SSSR count). The van der Waals surface area contributed by atoms with E-state index in [2.05, 4.69) is 43.2 Å². The molecule has 1 spiro atoms. The molecule has 0 amide bonds. The number of hydrogen-bond acceptors (Lipinski definition) is 7. The van der Waals surface area contributed by atoms with Crippen LogP contribution in [0, 0.1) is 17.8 Å². The van der Waals surface area contributed by atoms with Crippen LogP contribution in [-0.2, 0) is 14.9 Å². The molecule has 3 heterocycles. The van der Waals surface area contributed by atoms with Gasteiger partial charge in [0.1, 0.15) is 5.54 Å². The number of hydrogen-bond donors (Lipinski definition) is 2. The Morgan fingerprint density at radius 3 is 2.78 bits per heavy atom. The molecule has 2 aliphatic carbocycles. The van der Waals surface area contributed by atoms with Crippen LogP contribution in [0.4, 0.5) is 0 Å². The molecule has 1 aromatic rings. The molecule has 7 nitrogen and oxygen atoms in total. The molecule has 7 heteroatoms. The first-order valence-electron chi connectivity index (χ1n) is 12.1. The molecule has 0 aromatic heterocycles. The van der Waals surface area contributed by atoms with Gasteiger partial charge in [-0.2, -0.15) is 0 Å². The first-order valence-corrected chi connectivity index (χ1v) is 12.1. The topological polar surface area (TPSA) is 80.3 Å². The van der Waals surface area contributed by atoms with E-state index in [1.807, 2.05) is 6.92 Å². The fraction of sp³-hybridized carbons (Fsp3) is 0.720. The van der Waals surface area contributed by atoms with Gasteiger partial charge in [-0.1, -0.05) is 13.8 Å². The van der Waals surface area contributed by atoms with Crippen molar-refractivity contribution in [3.8, 4) is 11.5 Å². The van der Waals surface area contributed by atoms with Crippen LogP contribution in [0.1, 0.15) is 57.2 Å². The quantitative estimate of drug-likeness (QED) is 0.693. The maximum Gasteiger partial charge on any atom is 0.326 e. The summed E-state index contributed by atoms with van der Waals surface area (Å²) in [5.41, 5.74) is 1.52. The van der Waals surface area contributed by atoms with Gasteiger partial charge < -0.3 is 24.2 Å². The Bertz CT molecular complexity index is 966. The number of ether oxygens (including phenoxy) is 3. The minimum atomic E-state index is -0.883. The summed E-state index contributed by atoms with van der Waals surface area (Å²) in [5, 5.41) is 15.4. The van der Waals surface area contributed by atoms with E-state index in [9.17, 15) is 9.90 Å². The molecule has 3 aliphatic heterocycles. The van der Waals surface area contributed by atoms with E-state index in [0.717, 1.165) is 24.5 Å². The maximum atomic E-state index is 13.6. The Kier molecular flexibility index (Phi) is 4.44. The zero-order valence-electron chi connectivity index (χ0n) is 19.4. The van der Waals surface area contributed by atoms with Crippen molar-refractivity contribution in [1.82, 2.24) is 10.2 Å². The van der Waals surface area contributed by atoms with Crippen molar-refractivity contribution in [2.24, 2.45) is 17.8 Å². The highest BCUT2D eigenvalue weighted by atomic mass is 16.7. The molecule has 1 aromatic carbocycles. The van der Waals surface area contributed by atoms with Crippen molar-refractivity contribution in [3.05, 3.63) is 23.3 Å². The third kappa shape index (κ3) is 2.40. The smallest absolute Gasteiger partial charge is 0.326 e. The number of likely N-dealkylation sites (N-methyl/N-ethyl adjacent to an activating group) is 1. The fourth-order valence-corrected chi connectivity index (χ4v) is 8.15. The summed E-state index contributed by atoms with van der Waals surface area (Å²) >= 11 is 0. The summed E-state index contributed by atoms with van der Waals surface area (Å²) in [7, 11) is 2.17. The molecule has 32 heavy (non-hydrogen) atoms. The fourth-order valence-electron chi connectivity index (χ4n) is 8.15. The van der Waals surface area contributed by atoms with Crippen LogP contribution in [0.2, 0.25) is 0 Å². The lowest BCUT2D eigenvalue weighted by Crippen LogP contribution is -2.63. The molecular weight excluding hydrogens is 408 g/mol. The Morgan fingerprint density at radius 1 is 1.31 bits per heavy atom. The van der Waals surface area contributed by atoms with Crippen molar-refractivity contribution in [2.75, 3.05) is 27.0 Å². The van der Waals surface area contributed by atoms with E-state index < -0.39 is 11.6 Å². The van der Waals surface area contributed by atoms with Crippen LogP contribution >= 0.6 is 0 Å². The number of nitrogens with one attached hydrogen (secondary N) is 1. The van der Waals surface area contributed by atoms with Crippen LogP contribution in [-0.4, -0.2) is 60.7 Å². The highest BCUT2D eigenvalue weighted by Crippen LogP contribution is 2.69. The molecule has 2 N–H and O–H groups in total. The normalized spacial score (nSPS) is 41.0. The molecular formula is C25H34N2O5. The predicted molar refractivity (Wildman–Crippen MR) is 118 cm³/mol. The Morgan fingerprint density at radius 2 is 2.06 bits per heavy atom. The summed E-state index contributed by atoms with van der Waals surface area (Å²) in [4.78, 5) is 16.0. The predicted octanol–water partition coefficient (Wildman–Crippen LogP) is 2.36. The summed E-state index contributed by atoms with van der Waals surface area (Å²) < 4.78 is 17.2. The molecule has 0 unspecified atom stereocenters. The minimum absolute atomic E-state index is 0.0170. The van der Waals surface area contributed by atoms with Crippen LogP contribution < -0.4 is 14.8 Å². The number of esters is 1. The molecule has 0 radical (unpaired) electrons. The lowest BCUT2D eigenvalue weighted by atomic mass is 9.55. The van der Waals surface area contributed by atoms with Gasteiger partial charge >= 0.3 is 5.97 Å². The van der Waals surface area contributed by atoms with Gasteiger partial charge in [0.05, 0.1) is 12.7 Å². The van der Waals surface area contributed by atoms with Gasteiger partial charge in [-0.25, -0.2) is 0 Å². The number of rotatable bonds is 4. The summed E-state index contributed by atoms with van der Waals surface area (Å²) in [5.74, 6) is 1.59. The number of fused-ring (bicyclic) bond motifs is 3. The average Bonchev–Trinajstić information content (AvgIpc) is 3.47. The average molecular weight is 443 g/mol. The lowest BCUT2D eigenvalue weighted by molar-refractivity contribution is -0.158. The first kappa shape index (κ1) is 20.8. The highest BCUT2D eigenvalue weighted by molar-refractivity contribution is 5.83. The molecule has 7 atom stereocenters. The SMILES string of the molecule is CCOC(=O)[C@]1(CC(C)C)N[C@@H]2c3cc4c(cc3[C@]35CCN(C)[C@H]3C[C@@H](O)[C@H]1[C@H]25)OCO4. The number of aliphatic hydroxyl groups excluding tert-OH is 1. The second-order valence-electron chi connectivity index (χ2n) is 10.8. The van der Waals surface area contributed by atoms with E-state index in [0.29, 0.717) is 19.4 Å². The molecule has 0 bridgehead atoms. The first-order chi connectivity index (χ1) is 15.3. The van der Waals surface area contributed by atoms with E-state index in [-0.39, 0.29) is 48.0 Å². The zero-order chi connectivity index (χ0) is 22.4. The van der Waals surface area contributed by atoms with E-state index >= 15 is 0 Å². The number of carbonyl (C=O) groups excluding carboxylic acids is 1. The van der Waals surface area contributed by atoms with Crippen LogP contribution in [0.15, 0.2) is 12.1 Å². The van der Waals surface area contributed by atoms with Gasteiger partial charge in [-0.3, -0.25) is 10.1 Å². The van der Waals surface area contributed by atoms with Crippen LogP contribution in [0.5, 0.6) is 11.5 Å².